The predicted molar refractivity (Wildman–Crippen MR) is 144 cm³/mol. The Labute approximate surface area is 221 Å². The fraction of sp³-hybridized carbons (Fsp3) is 0.357. The number of hydrogen-bond donors (Lipinski definition) is 6. The molecule has 3 rings (SSSR count). The first kappa shape index (κ1) is 28.4. The lowest BCUT2D eigenvalue weighted by Gasteiger charge is -2.27. The first-order valence-corrected chi connectivity index (χ1v) is 12.6. The van der Waals surface area contributed by atoms with Crippen molar-refractivity contribution in [3.05, 3.63) is 71.9 Å². The summed E-state index contributed by atoms with van der Waals surface area (Å²) in [6.07, 6.45) is 2.52. The number of nitrogens with two attached hydrogens (primary N) is 1. The lowest BCUT2D eigenvalue weighted by molar-refractivity contribution is -0.142. The normalized spacial score (nSPS) is 14.2. The van der Waals surface area contributed by atoms with Gasteiger partial charge in [-0.05, 0) is 23.1 Å². The largest absolute Gasteiger partial charge is 0.480 e. The summed E-state index contributed by atoms with van der Waals surface area (Å²) < 4.78 is 0. The third kappa shape index (κ3) is 7.42. The number of carboxylic acid groups (broad SMARTS) is 1. The number of carbonyl (C=O) groups excluding carboxylic acids is 3. The van der Waals surface area contributed by atoms with Crippen molar-refractivity contribution in [2.75, 3.05) is 6.54 Å². The van der Waals surface area contributed by atoms with Crippen molar-refractivity contribution < 1.29 is 24.3 Å². The molecular formula is C28H35N5O5. The summed E-state index contributed by atoms with van der Waals surface area (Å²) >= 11 is 0. The van der Waals surface area contributed by atoms with Crippen molar-refractivity contribution in [3.63, 3.8) is 0 Å². The Kier molecular flexibility index (Phi) is 10.0. The van der Waals surface area contributed by atoms with Gasteiger partial charge in [0.1, 0.15) is 18.1 Å². The minimum atomic E-state index is -1.22. The fourth-order valence-corrected chi connectivity index (χ4v) is 4.25. The van der Waals surface area contributed by atoms with Gasteiger partial charge in [-0.1, -0.05) is 68.8 Å². The molecule has 0 aliphatic carbocycles. The molecule has 0 saturated heterocycles. The molecule has 38 heavy (non-hydrogen) atoms. The van der Waals surface area contributed by atoms with E-state index in [1.165, 1.54) is 0 Å². The maximum Gasteiger partial charge on any atom is 0.326 e. The average Bonchev–Trinajstić information content (AvgIpc) is 3.33. The lowest BCUT2D eigenvalue weighted by atomic mass is 9.97. The van der Waals surface area contributed by atoms with E-state index in [1.54, 1.807) is 6.20 Å². The summed E-state index contributed by atoms with van der Waals surface area (Å²) in [5, 5.41) is 18.7. The van der Waals surface area contributed by atoms with Crippen molar-refractivity contribution in [3.8, 4) is 0 Å². The number of aromatic amines is 1. The second-order valence-corrected chi connectivity index (χ2v) is 9.35. The molecular weight excluding hydrogens is 486 g/mol. The van der Waals surface area contributed by atoms with Crippen LogP contribution in [0.4, 0.5) is 0 Å². The Bertz CT molecular complexity index is 1260. The molecule has 3 aromatic rings. The van der Waals surface area contributed by atoms with Gasteiger partial charge in [0.05, 0.1) is 6.54 Å². The summed E-state index contributed by atoms with van der Waals surface area (Å²) in [7, 11) is 0. The van der Waals surface area contributed by atoms with E-state index in [4.69, 9.17) is 5.73 Å². The maximum atomic E-state index is 13.4. The molecule has 0 aliphatic rings. The van der Waals surface area contributed by atoms with Crippen LogP contribution in [-0.4, -0.2) is 58.5 Å². The van der Waals surface area contributed by atoms with Gasteiger partial charge in [0.2, 0.25) is 17.7 Å². The van der Waals surface area contributed by atoms with E-state index in [1.807, 2.05) is 68.4 Å². The third-order valence-corrected chi connectivity index (χ3v) is 6.63. The van der Waals surface area contributed by atoms with Crippen LogP contribution in [0.5, 0.6) is 0 Å². The SMILES string of the molecule is CCC(C)C(NC(=O)CN)C(=O)NC(Cc1ccccc1)C(=O)NC(Cc1c[nH]c2ccccc12)C(=O)O. The Morgan fingerprint density at radius 1 is 0.895 bits per heavy atom. The molecule has 0 radical (unpaired) electrons. The van der Waals surface area contributed by atoms with E-state index in [0.29, 0.717) is 6.42 Å². The van der Waals surface area contributed by atoms with Crippen molar-refractivity contribution in [1.82, 2.24) is 20.9 Å². The van der Waals surface area contributed by atoms with Crippen LogP contribution in [0, 0.1) is 5.92 Å². The van der Waals surface area contributed by atoms with Crippen LogP contribution >= 0.6 is 0 Å². The van der Waals surface area contributed by atoms with Gasteiger partial charge >= 0.3 is 5.97 Å². The highest BCUT2D eigenvalue weighted by molar-refractivity contribution is 5.94. The highest BCUT2D eigenvalue weighted by Gasteiger charge is 2.32. The highest BCUT2D eigenvalue weighted by Crippen LogP contribution is 2.19. The Hall–Kier alpha value is -4.18. The van der Waals surface area contributed by atoms with Gasteiger partial charge in [0, 0.05) is 29.9 Å². The number of rotatable bonds is 13. The number of benzene rings is 2. The highest BCUT2D eigenvalue weighted by atomic mass is 16.4. The molecule has 202 valence electrons. The van der Waals surface area contributed by atoms with Crippen LogP contribution in [0.2, 0.25) is 0 Å². The molecule has 3 amide bonds. The maximum absolute atomic E-state index is 13.4. The lowest BCUT2D eigenvalue weighted by Crippen LogP contribution is -2.58. The van der Waals surface area contributed by atoms with Crippen LogP contribution < -0.4 is 21.7 Å². The molecule has 1 aromatic heterocycles. The quantitative estimate of drug-likeness (QED) is 0.199. The van der Waals surface area contributed by atoms with E-state index in [0.717, 1.165) is 22.0 Å². The van der Waals surface area contributed by atoms with Gasteiger partial charge in [0.25, 0.3) is 0 Å². The predicted octanol–water partition coefficient (Wildman–Crippen LogP) is 1.50. The zero-order valence-electron chi connectivity index (χ0n) is 21.6. The Morgan fingerprint density at radius 3 is 2.21 bits per heavy atom. The summed E-state index contributed by atoms with van der Waals surface area (Å²) in [5.74, 6) is -3.08. The Morgan fingerprint density at radius 2 is 1.55 bits per heavy atom. The molecule has 2 aromatic carbocycles. The van der Waals surface area contributed by atoms with Crippen LogP contribution in [0.3, 0.4) is 0 Å². The van der Waals surface area contributed by atoms with E-state index < -0.39 is 41.8 Å². The molecule has 10 heteroatoms. The number of carbonyl (C=O) groups is 4. The summed E-state index contributed by atoms with van der Waals surface area (Å²) in [4.78, 5) is 53.9. The van der Waals surface area contributed by atoms with E-state index in [9.17, 15) is 24.3 Å². The number of aromatic nitrogens is 1. The minimum absolute atomic E-state index is 0.0547. The number of H-pyrrole nitrogens is 1. The van der Waals surface area contributed by atoms with Crippen LogP contribution in [0.1, 0.15) is 31.4 Å². The van der Waals surface area contributed by atoms with E-state index >= 15 is 0 Å². The monoisotopic (exact) mass is 521 g/mol. The molecule has 0 spiro atoms. The van der Waals surface area contributed by atoms with Gasteiger partial charge in [-0.3, -0.25) is 14.4 Å². The van der Waals surface area contributed by atoms with E-state index in [-0.39, 0.29) is 25.3 Å². The second kappa shape index (κ2) is 13.4. The molecule has 0 saturated carbocycles. The standard InChI is InChI=1S/C28H35N5O5/c1-3-17(2)25(33-24(34)15-29)27(36)31-22(13-18-9-5-4-6-10-18)26(35)32-23(28(37)38)14-19-16-30-21-12-8-7-11-20(19)21/h4-12,16-17,22-23,25,30H,3,13-15,29H2,1-2H3,(H,31,36)(H,32,35)(H,33,34)(H,37,38). The molecule has 7 N–H and O–H groups in total. The van der Waals surface area contributed by atoms with Crippen LogP contribution in [-0.2, 0) is 32.0 Å². The smallest absolute Gasteiger partial charge is 0.326 e. The summed E-state index contributed by atoms with van der Waals surface area (Å²) in [6, 6.07) is 13.4. The average molecular weight is 522 g/mol. The van der Waals surface area contributed by atoms with Gasteiger partial charge in [-0.25, -0.2) is 4.79 Å². The topological polar surface area (TPSA) is 166 Å². The number of fused-ring (bicyclic) bond motifs is 1. The number of hydrogen-bond acceptors (Lipinski definition) is 5. The Balaban J connectivity index is 1.82. The van der Waals surface area contributed by atoms with Gasteiger partial charge in [0.15, 0.2) is 0 Å². The van der Waals surface area contributed by atoms with Crippen LogP contribution in [0.25, 0.3) is 10.9 Å². The molecule has 4 unspecified atom stereocenters. The van der Waals surface area contributed by atoms with Gasteiger partial charge < -0.3 is 31.8 Å². The summed E-state index contributed by atoms with van der Waals surface area (Å²) in [5.41, 5.74) is 7.81. The van der Waals surface area contributed by atoms with Crippen molar-refractivity contribution >= 4 is 34.6 Å². The second-order valence-electron chi connectivity index (χ2n) is 9.35. The zero-order chi connectivity index (χ0) is 27.7. The number of aliphatic carboxylic acids is 1. The third-order valence-electron chi connectivity index (χ3n) is 6.63. The number of para-hydroxylation sites is 1. The summed E-state index contributed by atoms with van der Waals surface area (Å²) in [6.45, 7) is 3.42. The number of nitrogens with one attached hydrogen (secondary N) is 4. The molecule has 1 heterocycles. The molecule has 0 fully saturated rings. The molecule has 0 bridgehead atoms. The van der Waals surface area contributed by atoms with Crippen molar-refractivity contribution in [1.29, 1.82) is 0 Å². The van der Waals surface area contributed by atoms with Crippen LogP contribution in [0.15, 0.2) is 60.8 Å². The van der Waals surface area contributed by atoms with Crippen molar-refractivity contribution in [2.24, 2.45) is 11.7 Å². The van der Waals surface area contributed by atoms with E-state index in [2.05, 4.69) is 20.9 Å². The molecule has 0 aliphatic heterocycles. The molecule has 4 atom stereocenters. The fourth-order valence-electron chi connectivity index (χ4n) is 4.25. The number of amides is 3. The van der Waals surface area contributed by atoms with Gasteiger partial charge in [-0.15, -0.1) is 0 Å². The van der Waals surface area contributed by atoms with Gasteiger partial charge in [-0.2, -0.15) is 0 Å². The minimum Gasteiger partial charge on any atom is -0.480 e. The van der Waals surface area contributed by atoms with Crippen molar-refractivity contribution in [2.45, 2.75) is 51.2 Å². The first-order chi connectivity index (χ1) is 18.2. The molecule has 10 nitrogen and oxygen atoms in total. The first-order valence-electron chi connectivity index (χ1n) is 12.6. The zero-order valence-corrected chi connectivity index (χ0v) is 21.6. The number of carboxylic acids is 1.